The summed E-state index contributed by atoms with van der Waals surface area (Å²) in [5.74, 6) is 0.659. The average Bonchev–Trinajstić information content (AvgIpc) is 2.17. The molecule has 1 rings (SSSR count). The molecule has 0 aliphatic rings. The van der Waals surface area contributed by atoms with Crippen LogP contribution >= 0.6 is 0 Å². The molecule has 0 aliphatic heterocycles. The molecule has 2 nitrogen and oxygen atoms in total. The Kier molecular flexibility index (Phi) is 4.42. The van der Waals surface area contributed by atoms with Gasteiger partial charge < -0.3 is 10.1 Å². The Morgan fingerprint density at radius 3 is 2.40 bits per heavy atom. The van der Waals surface area contributed by atoms with Crippen LogP contribution in [0.4, 0.5) is 13.2 Å². The number of hydrogen-bond acceptors (Lipinski definition) is 2. The van der Waals surface area contributed by atoms with E-state index in [1.807, 2.05) is 6.07 Å². The van der Waals surface area contributed by atoms with Gasteiger partial charge in [0.25, 0.3) is 0 Å². The van der Waals surface area contributed by atoms with Crippen molar-refractivity contribution in [1.82, 2.24) is 5.32 Å². The lowest BCUT2D eigenvalue weighted by Gasteiger charge is -2.09. The van der Waals surface area contributed by atoms with Gasteiger partial charge in [-0.25, -0.2) is 0 Å². The molecular formula is C10H12F3NO. The molecule has 0 heterocycles. The largest absolute Gasteiger partial charge is 0.492 e. The van der Waals surface area contributed by atoms with Gasteiger partial charge in [0.2, 0.25) is 0 Å². The summed E-state index contributed by atoms with van der Waals surface area (Å²) >= 11 is 0. The zero-order valence-corrected chi connectivity index (χ0v) is 8.05. The number of nitrogens with one attached hydrogen (secondary N) is 1. The SMILES string of the molecule is FC(F)(F)CNCCOc1ccccc1. The second-order valence-corrected chi connectivity index (χ2v) is 2.95. The highest BCUT2D eigenvalue weighted by atomic mass is 19.4. The minimum Gasteiger partial charge on any atom is -0.492 e. The summed E-state index contributed by atoms with van der Waals surface area (Å²) in [5, 5.41) is 2.25. The van der Waals surface area contributed by atoms with Gasteiger partial charge in [-0.3, -0.25) is 0 Å². The van der Waals surface area contributed by atoms with Gasteiger partial charge in [-0.05, 0) is 12.1 Å². The zero-order valence-electron chi connectivity index (χ0n) is 8.05. The van der Waals surface area contributed by atoms with Gasteiger partial charge in [0.05, 0.1) is 6.54 Å². The second-order valence-electron chi connectivity index (χ2n) is 2.95. The minimum atomic E-state index is -4.16. The third-order valence-electron chi connectivity index (χ3n) is 1.62. The maximum absolute atomic E-state index is 11.7. The second kappa shape index (κ2) is 5.60. The van der Waals surface area contributed by atoms with E-state index in [4.69, 9.17) is 4.74 Å². The van der Waals surface area contributed by atoms with Crippen LogP contribution in [0.1, 0.15) is 0 Å². The molecule has 0 aromatic heterocycles. The summed E-state index contributed by atoms with van der Waals surface area (Å²) in [6, 6.07) is 8.96. The summed E-state index contributed by atoms with van der Waals surface area (Å²) in [6.45, 7) is -0.584. The Morgan fingerprint density at radius 2 is 1.80 bits per heavy atom. The molecule has 1 aromatic carbocycles. The molecule has 0 fully saturated rings. The van der Waals surface area contributed by atoms with Crippen molar-refractivity contribution >= 4 is 0 Å². The van der Waals surface area contributed by atoms with Gasteiger partial charge in [-0.2, -0.15) is 13.2 Å². The molecule has 0 atom stereocenters. The molecule has 0 amide bonds. The molecule has 84 valence electrons. The molecule has 0 radical (unpaired) electrons. The molecule has 0 bridgehead atoms. The molecule has 0 spiro atoms. The van der Waals surface area contributed by atoms with Crippen molar-refractivity contribution in [2.45, 2.75) is 6.18 Å². The van der Waals surface area contributed by atoms with Gasteiger partial charge in [-0.1, -0.05) is 18.2 Å². The smallest absolute Gasteiger partial charge is 0.401 e. The Hall–Kier alpha value is -1.23. The van der Waals surface area contributed by atoms with Crippen LogP contribution < -0.4 is 10.1 Å². The van der Waals surface area contributed by atoms with Crippen LogP contribution in [0.3, 0.4) is 0 Å². The Labute approximate surface area is 86.1 Å². The molecule has 0 aliphatic carbocycles. The quantitative estimate of drug-likeness (QED) is 0.767. The van der Waals surface area contributed by atoms with Crippen LogP contribution in [-0.4, -0.2) is 25.9 Å². The summed E-state index contributed by atoms with van der Waals surface area (Å²) in [6.07, 6.45) is -4.16. The van der Waals surface area contributed by atoms with E-state index < -0.39 is 12.7 Å². The summed E-state index contributed by atoms with van der Waals surface area (Å²) in [7, 11) is 0. The predicted molar refractivity (Wildman–Crippen MR) is 50.9 cm³/mol. The number of alkyl halides is 3. The van der Waals surface area contributed by atoms with Crippen molar-refractivity contribution < 1.29 is 17.9 Å². The number of hydrogen-bond donors (Lipinski definition) is 1. The number of rotatable bonds is 5. The van der Waals surface area contributed by atoms with Crippen molar-refractivity contribution in [1.29, 1.82) is 0 Å². The molecule has 0 saturated heterocycles. The fraction of sp³-hybridized carbons (Fsp3) is 0.400. The van der Waals surface area contributed by atoms with Crippen LogP contribution in [0.15, 0.2) is 30.3 Å². The fourth-order valence-electron chi connectivity index (χ4n) is 0.988. The molecule has 1 N–H and O–H groups in total. The highest BCUT2D eigenvalue weighted by Gasteiger charge is 2.25. The van der Waals surface area contributed by atoms with E-state index in [9.17, 15) is 13.2 Å². The maximum atomic E-state index is 11.7. The van der Waals surface area contributed by atoms with E-state index in [-0.39, 0.29) is 13.2 Å². The van der Waals surface area contributed by atoms with E-state index in [2.05, 4.69) is 5.32 Å². The monoisotopic (exact) mass is 219 g/mol. The average molecular weight is 219 g/mol. The number of halogens is 3. The lowest BCUT2D eigenvalue weighted by Crippen LogP contribution is -2.31. The first-order valence-corrected chi connectivity index (χ1v) is 4.53. The third kappa shape index (κ3) is 5.96. The standard InChI is InChI=1S/C10H12F3NO/c11-10(12,13)8-14-6-7-15-9-4-2-1-3-5-9/h1-5,14H,6-8H2. The lowest BCUT2D eigenvalue weighted by molar-refractivity contribution is -0.124. The molecule has 0 unspecified atom stereocenters. The van der Waals surface area contributed by atoms with Crippen LogP contribution in [0, 0.1) is 0 Å². The lowest BCUT2D eigenvalue weighted by atomic mass is 10.3. The molecular weight excluding hydrogens is 207 g/mol. The third-order valence-corrected chi connectivity index (χ3v) is 1.62. The van der Waals surface area contributed by atoms with Crippen LogP contribution in [0.25, 0.3) is 0 Å². The predicted octanol–water partition coefficient (Wildman–Crippen LogP) is 2.22. The van der Waals surface area contributed by atoms with Gasteiger partial charge in [0, 0.05) is 6.54 Å². The number of benzene rings is 1. The fourth-order valence-corrected chi connectivity index (χ4v) is 0.988. The Balaban J connectivity index is 2.08. The molecule has 1 aromatic rings. The summed E-state index contributed by atoms with van der Waals surface area (Å²) < 4.78 is 40.3. The van der Waals surface area contributed by atoms with E-state index >= 15 is 0 Å². The van der Waals surface area contributed by atoms with Crippen LogP contribution in [0.5, 0.6) is 5.75 Å². The van der Waals surface area contributed by atoms with Crippen molar-refractivity contribution in [3.05, 3.63) is 30.3 Å². The Bertz CT molecular complexity index is 274. The molecule has 5 heteroatoms. The van der Waals surface area contributed by atoms with Gasteiger partial charge in [0.1, 0.15) is 12.4 Å². The van der Waals surface area contributed by atoms with Crippen molar-refractivity contribution in [3.8, 4) is 5.75 Å². The summed E-state index contributed by atoms with van der Waals surface area (Å²) in [4.78, 5) is 0. The highest BCUT2D eigenvalue weighted by molar-refractivity contribution is 5.20. The maximum Gasteiger partial charge on any atom is 0.401 e. The van der Waals surface area contributed by atoms with Crippen molar-refractivity contribution in [3.63, 3.8) is 0 Å². The minimum absolute atomic E-state index is 0.175. The van der Waals surface area contributed by atoms with E-state index in [1.54, 1.807) is 24.3 Å². The van der Waals surface area contributed by atoms with Gasteiger partial charge in [0.15, 0.2) is 0 Å². The first-order valence-electron chi connectivity index (χ1n) is 4.53. The normalized spacial score (nSPS) is 11.4. The summed E-state index contributed by atoms with van der Waals surface area (Å²) in [5.41, 5.74) is 0. The zero-order chi connectivity index (χ0) is 11.1. The van der Waals surface area contributed by atoms with Gasteiger partial charge >= 0.3 is 6.18 Å². The number of para-hydroxylation sites is 1. The molecule has 0 saturated carbocycles. The Morgan fingerprint density at radius 1 is 1.13 bits per heavy atom. The van der Waals surface area contributed by atoms with E-state index in [1.165, 1.54) is 0 Å². The van der Waals surface area contributed by atoms with E-state index in [0.717, 1.165) is 0 Å². The van der Waals surface area contributed by atoms with Crippen LogP contribution in [-0.2, 0) is 0 Å². The van der Waals surface area contributed by atoms with E-state index in [0.29, 0.717) is 5.75 Å². The van der Waals surface area contributed by atoms with Gasteiger partial charge in [-0.15, -0.1) is 0 Å². The first kappa shape index (κ1) is 11.8. The highest BCUT2D eigenvalue weighted by Crippen LogP contribution is 2.12. The van der Waals surface area contributed by atoms with Crippen molar-refractivity contribution in [2.24, 2.45) is 0 Å². The topological polar surface area (TPSA) is 21.3 Å². The molecule has 15 heavy (non-hydrogen) atoms. The van der Waals surface area contributed by atoms with Crippen LogP contribution in [0.2, 0.25) is 0 Å². The first-order chi connectivity index (χ1) is 7.08. The van der Waals surface area contributed by atoms with Crippen molar-refractivity contribution in [2.75, 3.05) is 19.7 Å². The number of ether oxygens (including phenoxy) is 1.